The quantitative estimate of drug-likeness (QED) is 0.335. The molecule has 0 aliphatic carbocycles. The van der Waals surface area contributed by atoms with Gasteiger partial charge in [-0.25, -0.2) is 32.0 Å². The van der Waals surface area contributed by atoms with Gasteiger partial charge >= 0.3 is 0 Å². The number of carbonyl (C=O) groups excluding carboxylic acids is 1. The van der Waals surface area contributed by atoms with E-state index in [4.69, 9.17) is 9.88 Å². The molecule has 0 fully saturated rings. The topological polar surface area (TPSA) is 142 Å². The lowest BCUT2D eigenvalue weighted by Crippen LogP contribution is -2.35. The Labute approximate surface area is 209 Å². The van der Waals surface area contributed by atoms with E-state index in [1.165, 1.54) is 4.68 Å². The molecule has 0 saturated carbocycles. The molecule has 0 spiro atoms. The zero-order valence-corrected chi connectivity index (χ0v) is 20.8. The molecule has 4 aromatic rings. The number of primary sulfonamides is 1. The normalized spacial score (nSPS) is 12.7. The first kappa shape index (κ1) is 25.6. The van der Waals surface area contributed by atoms with Crippen molar-refractivity contribution < 1.29 is 26.7 Å². The summed E-state index contributed by atoms with van der Waals surface area (Å²) in [6.07, 6.45) is 1.57. The molecule has 2 aromatic carbocycles. The summed E-state index contributed by atoms with van der Waals surface area (Å²) in [5, 5.41) is 15.9. The van der Waals surface area contributed by atoms with Crippen LogP contribution in [0.1, 0.15) is 31.1 Å². The van der Waals surface area contributed by atoms with E-state index in [1.54, 1.807) is 24.4 Å². The number of aromatic nitrogens is 4. The molecule has 10 nitrogen and oxygen atoms in total. The van der Waals surface area contributed by atoms with Crippen LogP contribution in [-0.2, 0) is 28.0 Å². The highest BCUT2D eigenvalue weighted by Crippen LogP contribution is 2.28. The van der Waals surface area contributed by atoms with Gasteiger partial charge in [-0.05, 0) is 42.3 Å². The number of rotatable bonds is 9. The molecule has 4 rings (SSSR count). The van der Waals surface area contributed by atoms with Crippen LogP contribution in [0, 0.1) is 17.6 Å². The number of halogens is 2. The van der Waals surface area contributed by atoms with Crippen molar-refractivity contribution in [2.45, 2.75) is 37.4 Å². The van der Waals surface area contributed by atoms with Gasteiger partial charge in [0, 0.05) is 12.1 Å². The van der Waals surface area contributed by atoms with Gasteiger partial charge in [0.1, 0.15) is 35.7 Å². The molecule has 0 radical (unpaired) electrons. The standard InChI is InChI=1S/C22H22F2N6O4S2/c1-12(2)20(21(31)26-9-13-7-14(23)3-5-17(13)24)30-10-15(28-29-30)11-34-16-4-6-18-19(8-16)35-22(27-18)36(25,32)33/h3-8,10,12,20H,9,11H2,1-2H3,(H,26,31)(H2,25,32,33)/t20-/m0/s1. The fraction of sp³-hybridized carbons (Fsp3) is 0.273. The molecule has 2 heterocycles. The Hall–Kier alpha value is -3.49. The average Bonchev–Trinajstić information content (AvgIpc) is 3.45. The molecule has 190 valence electrons. The lowest BCUT2D eigenvalue weighted by Gasteiger charge is -2.20. The lowest BCUT2D eigenvalue weighted by molar-refractivity contribution is -0.126. The Balaban J connectivity index is 1.42. The Bertz CT molecular complexity index is 1520. The van der Waals surface area contributed by atoms with E-state index in [0.29, 0.717) is 21.7 Å². The number of sulfonamides is 1. The molecule has 36 heavy (non-hydrogen) atoms. The van der Waals surface area contributed by atoms with Gasteiger partial charge in [-0.3, -0.25) is 4.79 Å². The first-order valence-electron chi connectivity index (χ1n) is 10.7. The summed E-state index contributed by atoms with van der Waals surface area (Å²) in [6.45, 7) is 3.51. The molecule has 0 bridgehead atoms. The van der Waals surface area contributed by atoms with Crippen molar-refractivity contribution in [1.29, 1.82) is 0 Å². The minimum Gasteiger partial charge on any atom is -0.487 e. The van der Waals surface area contributed by atoms with Crippen molar-refractivity contribution in [1.82, 2.24) is 25.3 Å². The number of thiazole rings is 1. The van der Waals surface area contributed by atoms with Gasteiger partial charge in [-0.2, -0.15) is 0 Å². The molecule has 0 aliphatic rings. The maximum Gasteiger partial charge on any atom is 0.265 e. The number of fused-ring (bicyclic) bond motifs is 1. The largest absolute Gasteiger partial charge is 0.487 e. The van der Waals surface area contributed by atoms with Gasteiger partial charge in [0.25, 0.3) is 10.0 Å². The second kappa shape index (κ2) is 10.2. The molecule has 0 saturated heterocycles. The van der Waals surface area contributed by atoms with E-state index >= 15 is 0 Å². The van der Waals surface area contributed by atoms with Gasteiger partial charge < -0.3 is 10.1 Å². The first-order valence-corrected chi connectivity index (χ1v) is 13.1. The van der Waals surface area contributed by atoms with E-state index in [9.17, 15) is 22.0 Å². The van der Waals surface area contributed by atoms with Crippen LogP contribution in [-0.4, -0.2) is 34.3 Å². The van der Waals surface area contributed by atoms with Crippen LogP contribution in [0.2, 0.25) is 0 Å². The number of amides is 1. The number of carbonyl (C=O) groups is 1. The molecule has 1 amide bonds. The maximum atomic E-state index is 13.9. The van der Waals surface area contributed by atoms with Crippen molar-refractivity contribution in [2.75, 3.05) is 0 Å². The Morgan fingerprint density at radius 1 is 1.22 bits per heavy atom. The number of hydrogen-bond donors (Lipinski definition) is 2. The second-order valence-electron chi connectivity index (χ2n) is 8.28. The smallest absolute Gasteiger partial charge is 0.265 e. The second-order valence-corrected chi connectivity index (χ2v) is 11.0. The van der Waals surface area contributed by atoms with Crippen molar-refractivity contribution in [2.24, 2.45) is 11.1 Å². The average molecular weight is 537 g/mol. The Morgan fingerprint density at radius 3 is 2.72 bits per heavy atom. The lowest BCUT2D eigenvalue weighted by atomic mass is 10.0. The Morgan fingerprint density at radius 2 is 2.00 bits per heavy atom. The number of benzene rings is 2. The zero-order chi connectivity index (χ0) is 26.0. The monoisotopic (exact) mass is 536 g/mol. The van der Waals surface area contributed by atoms with Crippen LogP contribution in [0.4, 0.5) is 8.78 Å². The summed E-state index contributed by atoms with van der Waals surface area (Å²) >= 11 is 0.934. The van der Waals surface area contributed by atoms with Gasteiger partial charge in [0.05, 0.1) is 16.4 Å². The summed E-state index contributed by atoms with van der Waals surface area (Å²) in [6, 6.07) is 7.20. The summed E-state index contributed by atoms with van der Waals surface area (Å²) in [4.78, 5) is 16.8. The van der Waals surface area contributed by atoms with Crippen LogP contribution in [0.5, 0.6) is 5.75 Å². The zero-order valence-electron chi connectivity index (χ0n) is 19.2. The van der Waals surface area contributed by atoms with Gasteiger partial charge in [-0.15, -0.1) is 16.4 Å². The van der Waals surface area contributed by atoms with Crippen molar-refractivity contribution >= 4 is 37.5 Å². The summed E-state index contributed by atoms with van der Waals surface area (Å²) < 4.78 is 57.8. The van der Waals surface area contributed by atoms with Crippen LogP contribution in [0.25, 0.3) is 10.2 Å². The molecular weight excluding hydrogens is 514 g/mol. The van der Waals surface area contributed by atoms with Gasteiger partial charge in [-0.1, -0.05) is 19.1 Å². The maximum absolute atomic E-state index is 13.9. The predicted molar refractivity (Wildman–Crippen MR) is 127 cm³/mol. The molecular formula is C22H22F2N6O4S2. The summed E-state index contributed by atoms with van der Waals surface area (Å²) in [7, 11) is -3.90. The predicted octanol–water partition coefficient (Wildman–Crippen LogP) is 2.91. The van der Waals surface area contributed by atoms with E-state index < -0.39 is 33.6 Å². The molecule has 0 unspecified atom stereocenters. The molecule has 1 atom stereocenters. The van der Waals surface area contributed by atoms with Crippen molar-refractivity contribution in [3.05, 3.63) is 65.5 Å². The number of hydrogen-bond acceptors (Lipinski definition) is 8. The van der Waals surface area contributed by atoms with Crippen molar-refractivity contribution in [3.63, 3.8) is 0 Å². The number of ether oxygens (including phenoxy) is 1. The highest BCUT2D eigenvalue weighted by Gasteiger charge is 2.26. The van der Waals surface area contributed by atoms with E-state index in [2.05, 4.69) is 20.6 Å². The van der Waals surface area contributed by atoms with Crippen LogP contribution < -0.4 is 15.2 Å². The number of nitrogens with zero attached hydrogens (tertiary/aromatic N) is 4. The highest BCUT2D eigenvalue weighted by atomic mass is 32.2. The van der Waals surface area contributed by atoms with E-state index in [0.717, 1.165) is 29.5 Å². The van der Waals surface area contributed by atoms with E-state index in [-0.39, 0.29) is 29.0 Å². The molecule has 3 N–H and O–H groups in total. The Kier molecular flexibility index (Phi) is 7.28. The van der Waals surface area contributed by atoms with Crippen molar-refractivity contribution in [3.8, 4) is 5.75 Å². The third kappa shape index (κ3) is 5.83. The van der Waals surface area contributed by atoms with Crippen LogP contribution in [0.3, 0.4) is 0 Å². The molecule has 0 aliphatic heterocycles. The van der Waals surface area contributed by atoms with Crippen LogP contribution >= 0.6 is 11.3 Å². The minimum absolute atomic E-state index is 0.0348. The van der Waals surface area contributed by atoms with Gasteiger partial charge in [0.2, 0.25) is 10.2 Å². The summed E-state index contributed by atoms with van der Waals surface area (Å²) in [5.41, 5.74) is 0.957. The number of nitrogens with one attached hydrogen (secondary N) is 1. The summed E-state index contributed by atoms with van der Waals surface area (Å²) in [5.74, 6) is -1.36. The molecule has 14 heteroatoms. The third-order valence-corrected chi connectivity index (χ3v) is 7.51. The fourth-order valence-corrected chi connectivity index (χ4v) is 5.15. The van der Waals surface area contributed by atoms with Crippen LogP contribution in [0.15, 0.2) is 46.9 Å². The van der Waals surface area contributed by atoms with E-state index in [1.807, 2.05) is 13.8 Å². The third-order valence-electron chi connectivity index (χ3n) is 5.17. The SMILES string of the molecule is CC(C)[C@@H](C(=O)NCc1cc(F)ccc1F)n1cc(COc2ccc3nc(S(N)(=O)=O)sc3c2)nn1. The number of nitrogens with two attached hydrogens (primary N) is 1. The fourth-order valence-electron chi connectivity index (χ4n) is 3.46. The minimum atomic E-state index is -3.90. The first-order chi connectivity index (χ1) is 17.0. The highest BCUT2D eigenvalue weighted by molar-refractivity contribution is 7.91. The van der Waals surface area contributed by atoms with Gasteiger partial charge in [0.15, 0.2) is 0 Å². The molecule has 2 aromatic heterocycles.